The molecule has 1 aromatic carbocycles. The molecule has 0 fully saturated rings. The van der Waals surface area contributed by atoms with Crippen LogP contribution >= 0.6 is 11.6 Å². The molecule has 0 atom stereocenters. The van der Waals surface area contributed by atoms with E-state index in [1.165, 1.54) is 0 Å². The van der Waals surface area contributed by atoms with Gasteiger partial charge in [-0.05, 0) is 25.1 Å². The van der Waals surface area contributed by atoms with Crippen LogP contribution in [0.15, 0.2) is 30.4 Å². The molecule has 0 aliphatic rings. The number of halogens is 1. The molecule has 2 N–H and O–H groups in total. The van der Waals surface area contributed by atoms with E-state index in [1.807, 2.05) is 19.1 Å². The molecule has 82 valence electrons. The Balaban J connectivity index is 2.63. The lowest BCUT2D eigenvalue weighted by Crippen LogP contribution is -2.03. The first-order valence-corrected chi connectivity index (χ1v) is 5.27. The highest BCUT2D eigenvalue weighted by atomic mass is 35.5. The lowest BCUT2D eigenvalue weighted by Gasteiger charge is -2.10. The normalized spacial score (nSPS) is 10.1. The lowest BCUT2D eigenvalue weighted by atomic mass is 10.2. The summed E-state index contributed by atoms with van der Waals surface area (Å²) in [4.78, 5) is 0. The third-order valence-corrected chi connectivity index (χ3v) is 2.26. The lowest BCUT2D eigenvalue weighted by molar-refractivity contribution is 0.318. The van der Waals surface area contributed by atoms with Gasteiger partial charge in [-0.2, -0.15) is 0 Å². The number of rotatable bonds is 5. The fourth-order valence-electron chi connectivity index (χ4n) is 1.18. The molecule has 0 saturated heterocycles. The maximum absolute atomic E-state index is 5.85. The zero-order chi connectivity index (χ0) is 11.3. The van der Waals surface area contributed by atoms with Crippen LogP contribution < -0.4 is 10.5 Å². The fraction of sp³-hybridized carbons (Fsp3) is 0.333. The molecule has 2 nitrogen and oxygen atoms in total. The van der Waals surface area contributed by atoms with E-state index in [4.69, 9.17) is 22.1 Å². The van der Waals surface area contributed by atoms with Crippen molar-refractivity contribution in [3.05, 3.63) is 40.9 Å². The summed E-state index contributed by atoms with van der Waals surface area (Å²) < 4.78 is 5.59. The van der Waals surface area contributed by atoms with Crippen LogP contribution in [-0.4, -0.2) is 6.61 Å². The van der Waals surface area contributed by atoms with Gasteiger partial charge in [0, 0.05) is 23.6 Å². The van der Waals surface area contributed by atoms with Gasteiger partial charge in [-0.1, -0.05) is 17.2 Å². The summed E-state index contributed by atoms with van der Waals surface area (Å²) in [6.45, 7) is 6.86. The molecule has 3 heteroatoms. The SMILES string of the molecule is C=C(C)CCOc1ccc(Cl)cc1CN. The summed E-state index contributed by atoms with van der Waals surface area (Å²) in [6.07, 6.45) is 0.854. The molecule has 0 aromatic heterocycles. The zero-order valence-electron chi connectivity index (χ0n) is 8.92. The summed E-state index contributed by atoms with van der Waals surface area (Å²) in [5.74, 6) is 0.808. The topological polar surface area (TPSA) is 35.2 Å². The Morgan fingerprint density at radius 1 is 1.53 bits per heavy atom. The Labute approximate surface area is 95.7 Å². The summed E-state index contributed by atoms with van der Waals surface area (Å²) in [5.41, 5.74) is 7.64. The van der Waals surface area contributed by atoms with Crippen molar-refractivity contribution in [2.75, 3.05) is 6.61 Å². The van der Waals surface area contributed by atoms with Crippen molar-refractivity contribution in [3.63, 3.8) is 0 Å². The van der Waals surface area contributed by atoms with Crippen LogP contribution in [-0.2, 0) is 6.54 Å². The van der Waals surface area contributed by atoms with Crippen LogP contribution in [0.3, 0.4) is 0 Å². The Morgan fingerprint density at radius 3 is 2.87 bits per heavy atom. The highest BCUT2D eigenvalue weighted by Crippen LogP contribution is 2.22. The molecule has 0 bridgehead atoms. The monoisotopic (exact) mass is 225 g/mol. The summed E-state index contributed by atoms with van der Waals surface area (Å²) in [5, 5.41) is 0.683. The van der Waals surface area contributed by atoms with Gasteiger partial charge in [0.1, 0.15) is 5.75 Å². The van der Waals surface area contributed by atoms with Crippen molar-refractivity contribution in [2.24, 2.45) is 5.73 Å². The molecule has 0 aliphatic heterocycles. The van der Waals surface area contributed by atoms with Crippen LogP contribution in [0.25, 0.3) is 0 Å². The van der Waals surface area contributed by atoms with Gasteiger partial charge in [0.2, 0.25) is 0 Å². The minimum atomic E-state index is 0.433. The zero-order valence-corrected chi connectivity index (χ0v) is 9.68. The van der Waals surface area contributed by atoms with Crippen molar-refractivity contribution in [1.29, 1.82) is 0 Å². The summed E-state index contributed by atoms with van der Waals surface area (Å²) >= 11 is 5.85. The van der Waals surface area contributed by atoms with Crippen LogP contribution in [0.2, 0.25) is 5.02 Å². The molecular formula is C12H16ClNO. The van der Waals surface area contributed by atoms with Gasteiger partial charge in [0.05, 0.1) is 6.61 Å². The molecule has 1 rings (SSSR count). The highest BCUT2D eigenvalue weighted by molar-refractivity contribution is 6.30. The first-order valence-electron chi connectivity index (χ1n) is 4.89. The first-order chi connectivity index (χ1) is 7.13. The van der Waals surface area contributed by atoms with Crippen LogP contribution in [0.1, 0.15) is 18.9 Å². The Kier molecular flexibility index (Phi) is 4.66. The van der Waals surface area contributed by atoms with E-state index in [1.54, 1.807) is 6.07 Å². The van der Waals surface area contributed by atoms with Gasteiger partial charge < -0.3 is 10.5 Å². The molecular weight excluding hydrogens is 210 g/mol. The molecule has 0 aliphatic carbocycles. The molecule has 0 radical (unpaired) electrons. The van der Waals surface area contributed by atoms with E-state index >= 15 is 0 Å². The van der Waals surface area contributed by atoms with Crippen molar-refractivity contribution in [1.82, 2.24) is 0 Å². The van der Waals surface area contributed by atoms with E-state index in [0.717, 1.165) is 23.3 Å². The average molecular weight is 226 g/mol. The van der Waals surface area contributed by atoms with E-state index in [2.05, 4.69) is 6.58 Å². The fourth-order valence-corrected chi connectivity index (χ4v) is 1.38. The molecule has 0 saturated carbocycles. The van der Waals surface area contributed by atoms with Crippen molar-refractivity contribution in [3.8, 4) is 5.75 Å². The molecule has 0 unspecified atom stereocenters. The van der Waals surface area contributed by atoms with Gasteiger partial charge in [0.15, 0.2) is 0 Å². The quantitative estimate of drug-likeness (QED) is 0.782. The number of benzene rings is 1. The number of hydrogen-bond acceptors (Lipinski definition) is 2. The van der Waals surface area contributed by atoms with Gasteiger partial charge in [-0.25, -0.2) is 0 Å². The minimum Gasteiger partial charge on any atom is -0.493 e. The van der Waals surface area contributed by atoms with E-state index in [0.29, 0.717) is 18.2 Å². The number of hydrogen-bond donors (Lipinski definition) is 1. The Hall–Kier alpha value is -0.990. The predicted octanol–water partition coefficient (Wildman–Crippen LogP) is 3.14. The van der Waals surface area contributed by atoms with Gasteiger partial charge in [0.25, 0.3) is 0 Å². The van der Waals surface area contributed by atoms with E-state index in [-0.39, 0.29) is 0 Å². The second kappa shape index (κ2) is 5.79. The van der Waals surface area contributed by atoms with Crippen LogP contribution in [0.5, 0.6) is 5.75 Å². The number of ether oxygens (including phenoxy) is 1. The number of nitrogens with two attached hydrogens (primary N) is 1. The maximum atomic E-state index is 5.85. The van der Waals surface area contributed by atoms with Gasteiger partial charge in [-0.15, -0.1) is 6.58 Å². The third-order valence-electron chi connectivity index (χ3n) is 2.03. The Bertz CT molecular complexity index is 349. The second-order valence-electron chi connectivity index (χ2n) is 3.51. The summed E-state index contributed by atoms with van der Waals surface area (Å²) in [6, 6.07) is 5.48. The van der Waals surface area contributed by atoms with Crippen molar-refractivity contribution >= 4 is 11.6 Å². The van der Waals surface area contributed by atoms with Gasteiger partial charge in [-0.3, -0.25) is 0 Å². The molecule has 15 heavy (non-hydrogen) atoms. The smallest absolute Gasteiger partial charge is 0.123 e. The van der Waals surface area contributed by atoms with E-state index in [9.17, 15) is 0 Å². The van der Waals surface area contributed by atoms with Crippen molar-refractivity contribution in [2.45, 2.75) is 19.9 Å². The summed E-state index contributed by atoms with van der Waals surface area (Å²) in [7, 11) is 0. The molecule has 0 amide bonds. The predicted molar refractivity (Wildman–Crippen MR) is 64.3 cm³/mol. The standard InChI is InChI=1S/C12H16ClNO/c1-9(2)5-6-15-12-4-3-11(13)7-10(12)8-14/h3-4,7H,1,5-6,8,14H2,2H3. The molecule has 1 aromatic rings. The molecule has 0 heterocycles. The second-order valence-corrected chi connectivity index (χ2v) is 3.95. The molecule has 0 spiro atoms. The van der Waals surface area contributed by atoms with E-state index < -0.39 is 0 Å². The Morgan fingerprint density at radius 2 is 2.27 bits per heavy atom. The van der Waals surface area contributed by atoms with Crippen LogP contribution in [0, 0.1) is 0 Å². The van der Waals surface area contributed by atoms with Gasteiger partial charge >= 0.3 is 0 Å². The largest absolute Gasteiger partial charge is 0.493 e. The highest BCUT2D eigenvalue weighted by Gasteiger charge is 2.02. The van der Waals surface area contributed by atoms with Crippen LogP contribution in [0.4, 0.5) is 0 Å². The maximum Gasteiger partial charge on any atom is 0.123 e. The first kappa shape index (κ1) is 12.1. The minimum absolute atomic E-state index is 0.433. The van der Waals surface area contributed by atoms with Crippen molar-refractivity contribution < 1.29 is 4.74 Å². The third kappa shape index (κ3) is 3.94. The average Bonchev–Trinajstić information content (AvgIpc) is 2.19.